The van der Waals surface area contributed by atoms with Crippen molar-refractivity contribution < 1.29 is 14.3 Å². The molecule has 0 heterocycles. The Hall–Kier alpha value is -1.58. The van der Waals surface area contributed by atoms with Crippen LogP contribution < -0.4 is 4.90 Å². The van der Waals surface area contributed by atoms with E-state index in [2.05, 4.69) is 18.7 Å². The van der Waals surface area contributed by atoms with Crippen LogP contribution in [0.5, 0.6) is 0 Å². The van der Waals surface area contributed by atoms with E-state index in [4.69, 9.17) is 5.11 Å². The summed E-state index contributed by atoms with van der Waals surface area (Å²) in [6.07, 6.45) is 1.94. The van der Waals surface area contributed by atoms with Crippen molar-refractivity contribution in [3.8, 4) is 0 Å². The molecule has 0 aliphatic carbocycles. The second-order valence-electron chi connectivity index (χ2n) is 3.96. The van der Waals surface area contributed by atoms with Crippen molar-refractivity contribution in [2.45, 2.75) is 26.7 Å². The Labute approximate surface area is 101 Å². The van der Waals surface area contributed by atoms with Crippen molar-refractivity contribution in [1.29, 1.82) is 0 Å². The normalized spacial score (nSPS) is 10.3. The highest BCUT2D eigenvalue weighted by Gasteiger charge is 2.13. The first-order valence-corrected chi connectivity index (χ1v) is 5.88. The predicted molar refractivity (Wildman–Crippen MR) is 66.2 cm³/mol. The lowest BCUT2D eigenvalue weighted by atomic mass is 10.1. The van der Waals surface area contributed by atoms with Crippen LogP contribution in [0.15, 0.2) is 18.2 Å². The van der Waals surface area contributed by atoms with Crippen LogP contribution in [0.25, 0.3) is 0 Å². The quantitative estimate of drug-likeness (QED) is 0.829. The molecular weight excluding hydrogens is 221 g/mol. The van der Waals surface area contributed by atoms with Crippen molar-refractivity contribution in [2.75, 3.05) is 18.0 Å². The number of hydrogen-bond donors (Lipinski definition) is 1. The minimum Gasteiger partial charge on any atom is -0.478 e. The number of carboxylic acids is 1. The fourth-order valence-electron chi connectivity index (χ4n) is 1.78. The second kappa shape index (κ2) is 6.23. The van der Waals surface area contributed by atoms with Gasteiger partial charge >= 0.3 is 5.97 Å². The molecule has 0 unspecified atom stereocenters. The molecule has 17 heavy (non-hydrogen) atoms. The molecule has 0 saturated carbocycles. The van der Waals surface area contributed by atoms with Crippen LogP contribution in [0.3, 0.4) is 0 Å². The Morgan fingerprint density at radius 2 is 1.88 bits per heavy atom. The molecule has 1 aromatic carbocycles. The number of rotatable bonds is 6. The van der Waals surface area contributed by atoms with Crippen LogP contribution in [-0.2, 0) is 0 Å². The van der Waals surface area contributed by atoms with E-state index in [9.17, 15) is 9.18 Å². The zero-order valence-corrected chi connectivity index (χ0v) is 10.2. The highest BCUT2D eigenvalue weighted by Crippen LogP contribution is 2.19. The highest BCUT2D eigenvalue weighted by atomic mass is 19.1. The highest BCUT2D eigenvalue weighted by molar-refractivity contribution is 5.89. The fraction of sp³-hybridized carbons (Fsp3) is 0.462. The smallest absolute Gasteiger partial charge is 0.338 e. The predicted octanol–water partition coefficient (Wildman–Crippen LogP) is 3.15. The van der Waals surface area contributed by atoms with E-state index >= 15 is 0 Å². The van der Waals surface area contributed by atoms with Gasteiger partial charge in [0.05, 0.1) is 5.56 Å². The molecule has 0 aliphatic rings. The first-order chi connectivity index (χ1) is 8.10. The molecule has 0 fully saturated rings. The molecule has 0 bridgehead atoms. The largest absolute Gasteiger partial charge is 0.478 e. The van der Waals surface area contributed by atoms with Crippen LogP contribution in [0.1, 0.15) is 37.0 Å². The zero-order valence-electron chi connectivity index (χ0n) is 10.2. The molecule has 1 rings (SSSR count). The first kappa shape index (κ1) is 13.5. The minimum absolute atomic E-state index is 0.264. The van der Waals surface area contributed by atoms with Crippen molar-refractivity contribution >= 4 is 11.7 Å². The van der Waals surface area contributed by atoms with Gasteiger partial charge in [-0.15, -0.1) is 0 Å². The monoisotopic (exact) mass is 239 g/mol. The molecule has 0 saturated heterocycles. The third kappa shape index (κ3) is 3.44. The SMILES string of the molecule is CCCN(CCC)c1ccc(F)c(C(=O)O)c1. The summed E-state index contributed by atoms with van der Waals surface area (Å²) in [5.41, 5.74) is 0.507. The maximum absolute atomic E-state index is 13.3. The van der Waals surface area contributed by atoms with Crippen LogP contribution >= 0.6 is 0 Å². The molecule has 0 aliphatic heterocycles. The van der Waals surface area contributed by atoms with Crippen LogP contribution in [0.4, 0.5) is 10.1 Å². The average Bonchev–Trinajstić information content (AvgIpc) is 2.29. The Morgan fingerprint density at radius 3 is 2.35 bits per heavy atom. The number of carboxylic acid groups (broad SMARTS) is 1. The molecular formula is C13H18FNO2. The van der Waals surface area contributed by atoms with E-state index in [1.807, 2.05) is 0 Å². The Balaban J connectivity index is 3.03. The first-order valence-electron chi connectivity index (χ1n) is 5.88. The van der Waals surface area contributed by atoms with E-state index in [1.54, 1.807) is 6.07 Å². The summed E-state index contributed by atoms with van der Waals surface area (Å²) in [6.45, 7) is 5.81. The lowest BCUT2D eigenvalue weighted by molar-refractivity contribution is 0.0692. The second-order valence-corrected chi connectivity index (χ2v) is 3.96. The molecule has 0 atom stereocenters. The lowest BCUT2D eigenvalue weighted by Gasteiger charge is -2.24. The lowest BCUT2D eigenvalue weighted by Crippen LogP contribution is -2.25. The van der Waals surface area contributed by atoms with Gasteiger partial charge in [-0.05, 0) is 31.0 Å². The maximum atomic E-state index is 13.3. The third-order valence-corrected chi connectivity index (χ3v) is 2.53. The average molecular weight is 239 g/mol. The van der Waals surface area contributed by atoms with Gasteiger partial charge in [0.1, 0.15) is 5.82 Å². The molecule has 0 radical (unpaired) electrons. The minimum atomic E-state index is -1.22. The topological polar surface area (TPSA) is 40.5 Å². The van der Waals surface area contributed by atoms with E-state index in [-0.39, 0.29) is 5.56 Å². The van der Waals surface area contributed by atoms with Crippen molar-refractivity contribution in [3.05, 3.63) is 29.6 Å². The van der Waals surface area contributed by atoms with Gasteiger partial charge in [-0.25, -0.2) is 9.18 Å². The van der Waals surface area contributed by atoms with E-state index in [1.165, 1.54) is 12.1 Å². The number of carbonyl (C=O) groups is 1. The van der Waals surface area contributed by atoms with Gasteiger partial charge in [-0.2, -0.15) is 0 Å². The summed E-state index contributed by atoms with van der Waals surface area (Å²) in [7, 11) is 0. The van der Waals surface area contributed by atoms with Gasteiger partial charge < -0.3 is 10.0 Å². The molecule has 3 nitrogen and oxygen atoms in total. The molecule has 0 spiro atoms. The number of aromatic carboxylic acids is 1. The summed E-state index contributed by atoms with van der Waals surface area (Å²) in [4.78, 5) is 12.9. The van der Waals surface area contributed by atoms with Gasteiger partial charge in [0, 0.05) is 18.8 Å². The number of hydrogen-bond acceptors (Lipinski definition) is 2. The standard InChI is InChI=1S/C13H18FNO2/c1-3-7-15(8-4-2)10-5-6-12(14)11(9-10)13(16)17/h5-6,9H,3-4,7-8H2,1-2H3,(H,16,17). The van der Waals surface area contributed by atoms with E-state index in [0.717, 1.165) is 31.6 Å². The van der Waals surface area contributed by atoms with Gasteiger partial charge in [0.2, 0.25) is 0 Å². The fourth-order valence-corrected chi connectivity index (χ4v) is 1.78. The van der Waals surface area contributed by atoms with Crippen molar-refractivity contribution in [3.63, 3.8) is 0 Å². The van der Waals surface area contributed by atoms with Gasteiger partial charge in [-0.3, -0.25) is 0 Å². The number of benzene rings is 1. The van der Waals surface area contributed by atoms with E-state index in [0.29, 0.717) is 0 Å². The number of anilines is 1. The van der Waals surface area contributed by atoms with Crippen LogP contribution in [-0.4, -0.2) is 24.2 Å². The summed E-state index contributed by atoms with van der Waals surface area (Å²) in [5.74, 6) is -1.91. The molecule has 1 aromatic rings. The Kier molecular flexibility index (Phi) is 4.94. The molecule has 1 N–H and O–H groups in total. The van der Waals surface area contributed by atoms with Crippen LogP contribution in [0.2, 0.25) is 0 Å². The van der Waals surface area contributed by atoms with Crippen LogP contribution in [0, 0.1) is 5.82 Å². The molecule has 0 amide bonds. The molecule has 94 valence electrons. The Bertz CT molecular complexity index is 387. The van der Waals surface area contributed by atoms with E-state index < -0.39 is 11.8 Å². The van der Waals surface area contributed by atoms with Gasteiger partial charge in [0.25, 0.3) is 0 Å². The molecule has 0 aromatic heterocycles. The van der Waals surface area contributed by atoms with Gasteiger partial charge in [-0.1, -0.05) is 13.8 Å². The summed E-state index contributed by atoms with van der Waals surface area (Å²) in [5, 5.41) is 8.87. The third-order valence-electron chi connectivity index (χ3n) is 2.53. The molecule has 4 heteroatoms. The van der Waals surface area contributed by atoms with Crippen molar-refractivity contribution in [2.24, 2.45) is 0 Å². The Morgan fingerprint density at radius 1 is 1.29 bits per heavy atom. The van der Waals surface area contributed by atoms with Crippen molar-refractivity contribution in [1.82, 2.24) is 0 Å². The summed E-state index contributed by atoms with van der Waals surface area (Å²) in [6, 6.07) is 4.26. The summed E-state index contributed by atoms with van der Waals surface area (Å²) >= 11 is 0. The zero-order chi connectivity index (χ0) is 12.8. The maximum Gasteiger partial charge on any atom is 0.338 e. The number of halogens is 1. The number of nitrogens with zero attached hydrogens (tertiary/aromatic N) is 1. The summed E-state index contributed by atoms with van der Waals surface area (Å²) < 4.78 is 13.3. The van der Waals surface area contributed by atoms with Gasteiger partial charge in [0.15, 0.2) is 0 Å².